The lowest BCUT2D eigenvalue weighted by atomic mass is 10.3. The molecule has 0 saturated heterocycles. The summed E-state index contributed by atoms with van der Waals surface area (Å²) in [5, 5.41) is 0. The van der Waals surface area contributed by atoms with Crippen LogP contribution in [0.15, 0.2) is 22.2 Å². The maximum Gasteiger partial charge on any atom is 0.152 e. The van der Waals surface area contributed by atoms with E-state index < -0.39 is 0 Å². The smallest absolute Gasteiger partial charge is 0.152 e. The molecule has 1 aromatic heterocycles. The minimum atomic E-state index is 0.726. The Morgan fingerprint density at radius 3 is 2.92 bits per heavy atom. The van der Waals surface area contributed by atoms with Crippen LogP contribution >= 0.6 is 51.2 Å². The van der Waals surface area contributed by atoms with Crippen molar-refractivity contribution in [1.29, 1.82) is 0 Å². The molecule has 0 aliphatic rings. The van der Waals surface area contributed by atoms with Crippen LogP contribution in [0.5, 0.6) is 0 Å². The second-order valence-electron chi connectivity index (χ2n) is 2.04. The van der Waals surface area contributed by atoms with Gasteiger partial charge in [-0.2, -0.15) is 0 Å². The number of hydrogen-bond acceptors (Lipinski definition) is 3. The highest BCUT2D eigenvalue weighted by molar-refractivity contribution is 14.1. The number of hydrogen-bond donors (Lipinski definition) is 0. The first-order valence-electron chi connectivity index (χ1n) is 3.20. The van der Waals surface area contributed by atoms with Crippen molar-refractivity contribution in [2.75, 3.05) is 0 Å². The lowest BCUT2D eigenvalue weighted by molar-refractivity contribution is 0.828. The van der Waals surface area contributed by atoms with Gasteiger partial charge in [-0.3, -0.25) is 0 Å². The zero-order valence-electron chi connectivity index (χ0n) is 6.54. The van der Waals surface area contributed by atoms with Gasteiger partial charge in [-0.05, 0) is 22.6 Å². The fourth-order valence-electron chi connectivity index (χ4n) is 0.890. The van der Waals surface area contributed by atoms with Crippen LogP contribution in [0.1, 0.15) is 5.56 Å². The molecule has 0 N–H and O–H groups in total. The summed E-state index contributed by atoms with van der Waals surface area (Å²) in [5.74, 6) is 0.726. The van der Waals surface area contributed by atoms with Gasteiger partial charge in [0.05, 0.1) is 0 Å². The average Bonchev–Trinajstić information content (AvgIpc) is 2.41. The minimum Gasteiger partial charge on any atom is -0.250 e. The normalized spacial score (nSPS) is 10.0. The quantitative estimate of drug-likeness (QED) is 0.453. The van der Waals surface area contributed by atoms with E-state index in [0.717, 1.165) is 15.9 Å². The Morgan fingerprint density at radius 2 is 2.46 bits per heavy atom. The van der Waals surface area contributed by atoms with E-state index >= 15 is 0 Å². The van der Waals surface area contributed by atoms with Crippen molar-refractivity contribution in [3.8, 4) is 0 Å². The highest BCUT2D eigenvalue weighted by atomic mass is 127. The maximum atomic E-state index is 4.89. The van der Waals surface area contributed by atoms with E-state index in [1.165, 1.54) is 12.2 Å². The van der Waals surface area contributed by atoms with Gasteiger partial charge in [0, 0.05) is 16.2 Å². The number of aliphatic imine (C=N–C) groups is 1. The Morgan fingerprint density at radius 1 is 1.77 bits per heavy atom. The molecule has 6 heteroatoms. The minimum absolute atomic E-state index is 0.726. The average molecular weight is 373 g/mol. The Balaban J connectivity index is 3.20. The van der Waals surface area contributed by atoms with Crippen LogP contribution in [0.3, 0.4) is 0 Å². The number of rotatable bonds is 4. The van der Waals surface area contributed by atoms with Crippen LogP contribution in [-0.2, 0) is 2.51 Å². The fraction of sp³-hybridized carbons (Fsp3) is 0. The molecule has 1 rings (SSSR count). The Hall–Kier alpha value is 0.210. The van der Waals surface area contributed by atoms with Crippen molar-refractivity contribution in [3.63, 3.8) is 0 Å². The van der Waals surface area contributed by atoms with Crippen molar-refractivity contribution in [3.05, 3.63) is 22.8 Å². The number of halogens is 2. The van der Waals surface area contributed by atoms with Gasteiger partial charge < -0.3 is 0 Å². The van der Waals surface area contributed by atoms with Crippen LogP contribution in [0.25, 0.3) is 6.08 Å². The largest absolute Gasteiger partial charge is 0.250 e. The van der Waals surface area contributed by atoms with Crippen LogP contribution in [0, 0.1) is 0 Å². The van der Waals surface area contributed by atoms with Gasteiger partial charge in [-0.1, -0.05) is 12.7 Å². The molecule has 0 spiro atoms. The van der Waals surface area contributed by atoms with Crippen LogP contribution in [0.4, 0.5) is 5.82 Å². The van der Waals surface area contributed by atoms with Gasteiger partial charge in [0.1, 0.15) is 35.2 Å². The molecular formula is C7H6BrIN2OS. The summed E-state index contributed by atoms with van der Waals surface area (Å²) in [6.07, 6.45) is 3.57. The molecule has 3 nitrogen and oxygen atoms in total. The van der Waals surface area contributed by atoms with Crippen molar-refractivity contribution < 1.29 is 2.51 Å². The van der Waals surface area contributed by atoms with E-state index in [1.807, 2.05) is 6.20 Å². The van der Waals surface area contributed by atoms with Crippen molar-refractivity contribution >= 4 is 69.8 Å². The van der Waals surface area contributed by atoms with E-state index in [1.54, 1.807) is 33.1 Å². The molecule has 70 valence electrons. The summed E-state index contributed by atoms with van der Waals surface area (Å²) in [6, 6.07) is 0. The summed E-state index contributed by atoms with van der Waals surface area (Å²) in [6.45, 7) is 7.18. The fourth-order valence-corrected chi connectivity index (χ4v) is 2.53. The molecule has 0 atom stereocenters. The summed E-state index contributed by atoms with van der Waals surface area (Å²) in [5.41, 5.74) is 0.913. The molecule has 1 heterocycles. The molecule has 0 amide bonds. The van der Waals surface area contributed by atoms with Crippen LogP contribution < -0.4 is 0 Å². The molecule has 0 bridgehead atoms. The first-order chi connectivity index (χ1) is 6.24. The van der Waals surface area contributed by atoms with Crippen molar-refractivity contribution in [1.82, 2.24) is 3.97 Å². The van der Waals surface area contributed by atoms with Gasteiger partial charge in [-0.15, -0.1) is 0 Å². The van der Waals surface area contributed by atoms with Crippen LogP contribution in [-0.4, -0.2) is 10.7 Å². The topological polar surface area (TPSA) is 26.5 Å². The van der Waals surface area contributed by atoms with Gasteiger partial charge in [-0.25, -0.2) is 11.5 Å². The van der Waals surface area contributed by atoms with E-state index in [9.17, 15) is 0 Å². The van der Waals surface area contributed by atoms with Gasteiger partial charge in [0.2, 0.25) is 0 Å². The second kappa shape index (κ2) is 5.18. The summed E-state index contributed by atoms with van der Waals surface area (Å²) in [7, 11) is 0. The standard InChI is InChI=1S/C7H6BrIN2OS/c1-3-5-6(8)4-11(13-12-9)7(5)10-2/h3-4H,1-2H2. The zero-order chi connectivity index (χ0) is 9.84. The highest BCUT2D eigenvalue weighted by Gasteiger charge is 2.10. The monoisotopic (exact) mass is 372 g/mol. The third-order valence-electron chi connectivity index (χ3n) is 1.40. The molecule has 0 unspecified atom stereocenters. The predicted molar refractivity (Wildman–Crippen MR) is 69.5 cm³/mol. The molecule has 0 aliphatic carbocycles. The SMILES string of the molecule is C=Cc1c(Br)cn(SOI)c1N=C. The van der Waals surface area contributed by atoms with Gasteiger partial charge >= 0.3 is 0 Å². The lowest BCUT2D eigenvalue weighted by Gasteiger charge is -1.99. The molecule has 0 radical (unpaired) electrons. The molecule has 0 aliphatic heterocycles. The third kappa shape index (κ3) is 2.36. The van der Waals surface area contributed by atoms with Crippen LogP contribution in [0.2, 0.25) is 0 Å². The van der Waals surface area contributed by atoms with Crippen molar-refractivity contribution in [2.24, 2.45) is 4.99 Å². The molecule has 0 aromatic carbocycles. The summed E-state index contributed by atoms with van der Waals surface area (Å²) >= 11 is 6.35. The molecule has 13 heavy (non-hydrogen) atoms. The van der Waals surface area contributed by atoms with E-state index in [4.69, 9.17) is 2.51 Å². The molecule has 0 fully saturated rings. The maximum absolute atomic E-state index is 4.89. The zero-order valence-corrected chi connectivity index (χ0v) is 11.1. The summed E-state index contributed by atoms with van der Waals surface area (Å²) < 4.78 is 7.58. The van der Waals surface area contributed by atoms with Crippen molar-refractivity contribution in [2.45, 2.75) is 0 Å². The molecule has 0 saturated carbocycles. The van der Waals surface area contributed by atoms with E-state index in [0.29, 0.717) is 0 Å². The third-order valence-corrected chi connectivity index (χ3v) is 3.01. The van der Waals surface area contributed by atoms with Gasteiger partial charge in [0.15, 0.2) is 5.82 Å². The van der Waals surface area contributed by atoms with E-state index in [-0.39, 0.29) is 0 Å². The number of nitrogens with zero attached hydrogens (tertiary/aromatic N) is 2. The molecular weight excluding hydrogens is 367 g/mol. The molecule has 1 aromatic rings. The first kappa shape index (κ1) is 11.3. The van der Waals surface area contributed by atoms with Gasteiger partial charge in [0.25, 0.3) is 0 Å². The number of aromatic nitrogens is 1. The predicted octanol–water partition coefficient (Wildman–Crippen LogP) is 4.00. The highest BCUT2D eigenvalue weighted by Crippen LogP contribution is 2.34. The Kier molecular flexibility index (Phi) is 4.50. The summed E-state index contributed by atoms with van der Waals surface area (Å²) in [4.78, 5) is 3.89. The Labute approximate surface area is 103 Å². The lowest BCUT2D eigenvalue weighted by Crippen LogP contribution is -1.80. The van der Waals surface area contributed by atoms with E-state index in [2.05, 4.69) is 34.2 Å². The second-order valence-corrected chi connectivity index (χ2v) is 4.64. The Bertz CT molecular complexity index is 339. The first-order valence-corrected chi connectivity index (χ1v) is 5.57.